The third kappa shape index (κ3) is 3.38. The van der Waals surface area contributed by atoms with Gasteiger partial charge in [0.25, 0.3) is 0 Å². The molecule has 2 aromatic rings. The molecular weight excluding hydrogens is 283 g/mol. The number of halogens is 2. The molecule has 0 radical (unpaired) electrons. The van der Waals surface area contributed by atoms with E-state index in [1.165, 1.54) is 0 Å². The van der Waals surface area contributed by atoms with Crippen LogP contribution in [-0.2, 0) is 0 Å². The monoisotopic (exact) mass is 296 g/mol. The first-order chi connectivity index (χ1) is 9.11. The number of pyridine rings is 1. The average Bonchev–Trinajstić information content (AvgIpc) is 2.43. The fourth-order valence-electron chi connectivity index (χ4n) is 1.59. The average molecular weight is 297 g/mol. The molecule has 1 atom stereocenters. The van der Waals surface area contributed by atoms with Crippen molar-refractivity contribution in [3.8, 4) is 11.6 Å². The number of nitrogens with zero attached hydrogens (tertiary/aromatic N) is 1. The molecule has 1 N–H and O–H groups in total. The molecule has 0 fully saturated rings. The summed E-state index contributed by atoms with van der Waals surface area (Å²) in [7, 11) is 1.90. The van der Waals surface area contributed by atoms with E-state index in [-0.39, 0.29) is 6.04 Å². The summed E-state index contributed by atoms with van der Waals surface area (Å²) in [4.78, 5) is 4.17. The number of hydrogen-bond donors (Lipinski definition) is 1. The number of nitrogens with one attached hydrogen (secondary N) is 1. The molecule has 0 aliphatic carbocycles. The van der Waals surface area contributed by atoms with Gasteiger partial charge in [-0.3, -0.25) is 0 Å². The van der Waals surface area contributed by atoms with Gasteiger partial charge < -0.3 is 10.1 Å². The van der Waals surface area contributed by atoms with Crippen molar-refractivity contribution >= 4 is 23.2 Å². The Bertz CT molecular complexity index is 575. The second-order valence-corrected chi connectivity index (χ2v) is 4.88. The van der Waals surface area contributed by atoms with Gasteiger partial charge in [0, 0.05) is 18.3 Å². The van der Waals surface area contributed by atoms with Crippen molar-refractivity contribution in [3.63, 3.8) is 0 Å². The lowest BCUT2D eigenvalue weighted by Gasteiger charge is -2.12. The first-order valence-corrected chi connectivity index (χ1v) is 6.62. The number of hydrogen-bond acceptors (Lipinski definition) is 3. The quantitative estimate of drug-likeness (QED) is 0.904. The van der Waals surface area contributed by atoms with Crippen LogP contribution in [-0.4, -0.2) is 12.0 Å². The second kappa shape index (κ2) is 6.24. The largest absolute Gasteiger partial charge is 0.437 e. The van der Waals surface area contributed by atoms with Crippen LogP contribution in [0.5, 0.6) is 11.6 Å². The summed E-state index contributed by atoms with van der Waals surface area (Å²) in [6.45, 7) is 2.06. The van der Waals surface area contributed by atoms with Gasteiger partial charge in [0.05, 0.1) is 5.02 Å². The Labute approximate surface area is 122 Å². The highest BCUT2D eigenvalue weighted by molar-refractivity contribution is 6.42. The summed E-state index contributed by atoms with van der Waals surface area (Å²) in [6.07, 6.45) is 1.71. The van der Waals surface area contributed by atoms with Gasteiger partial charge in [-0.05, 0) is 37.7 Å². The number of benzene rings is 1. The molecule has 0 aliphatic heterocycles. The zero-order chi connectivity index (χ0) is 13.8. The molecule has 0 amide bonds. The van der Waals surface area contributed by atoms with E-state index in [0.29, 0.717) is 21.7 Å². The molecule has 1 unspecified atom stereocenters. The van der Waals surface area contributed by atoms with E-state index in [9.17, 15) is 0 Å². The summed E-state index contributed by atoms with van der Waals surface area (Å²) in [5.74, 6) is 0.986. The highest BCUT2D eigenvalue weighted by atomic mass is 35.5. The van der Waals surface area contributed by atoms with Crippen LogP contribution < -0.4 is 10.1 Å². The fraction of sp³-hybridized carbons (Fsp3) is 0.214. The lowest BCUT2D eigenvalue weighted by molar-refractivity contribution is 0.461. The Balaban J connectivity index is 2.26. The van der Waals surface area contributed by atoms with Gasteiger partial charge in [-0.25, -0.2) is 4.98 Å². The molecule has 100 valence electrons. The van der Waals surface area contributed by atoms with Crippen molar-refractivity contribution in [2.45, 2.75) is 13.0 Å². The van der Waals surface area contributed by atoms with E-state index in [0.717, 1.165) is 5.56 Å². The standard InChI is InChI=1S/C14H14Cl2N2O/c1-9(17-2)10-6-7-18-13(8-10)19-12-5-3-4-11(15)14(12)16/h3-9,17H,1-2H3. The van der Waals surface area contributed by atoms with Crippen LogP contribution in [0.15, 0.2) is 36.5 Å². The zero-order valence-corrected chi connectivity index (χ0v) is 12.2. The van der Waals surface area contributed by atoms with Crippen LogP contribution in [0.25, 0.3) is 0 Å². The number of aromatic nitrogens is 1. The van der Waals surface area contributed by atoms with Crippen molar-refractivity contribution < 1.29 is 4.74 Å². The minimum absolute atomic E-state index is 0.222. The Hall–Kier alpha value is -1.29. The van der Waals surface area contributed by atoms with Crippen LogP contribution in [0, 0.1) is 0 Å². The van der Waals surface area contributed by atoms with Gasteiger partial charge in [-0.15, -0.1) is 0 Å². The maximum Gasteiger partial charge on any atom is 0.219 e. The first-order valence-electron chi connectivity index (χ1n) is 5.87. The van der Waals surface area contributed by atoms with Crippen molar-refractivity contribution in [1.29, 1.82) is 0 Å². The van der Waals surface area contributed by atoms with E-state index in [4.69, 9.17) is 27.9 Å². The van der Waals surface area contributed by atoms with Crippen LogP contribution in [0.3, 0.4) is 0 Å². The first kappa shape index (κ1) is 14.1. The van der Waals surface area contributed by atoms with E-state index < -0.39 is 0 Å². The summed E-state index contributed by atoms with van der Waals surface area (Å²) in [5.41, 5.74) is 1.09. The molecule has 0 saturated carbocycles. The maximum absolute atomic E-state index is 6.08. The zero-order valence-electron chi connectivity index (χ0n) is 10.7. The molecule has 1 aromatic carbocycles. The number of rotatable bonds is 4. The van der Waals surface area contributed by atoms with Gasteiger partial charge in [-0.1, -0.05) is 29.3 Å². The van der Waals surface area contributed by atoms with Crippen LogP contribution in [0.2, 0.25) is 10.0 Å². The SMILES string of the molecule is CNC(C)c1ccnc(Oc2cccc(Cl)c2Cl)c1. The van der Waals surface area contributed by atoms with Crippen molar-refractivity contribution in [2.24, 2.45) is 0 Å². The topological polar surface area (TPSA) is 34.2 Å². The summed E-state index contributed by atoms with van der Waals surface area (Å²) in [5, 5.41) is 4.01. The smallest absolute Gasteiger partial charge is 0.219 e. The van der Waals surface area contributed by atoms with Gasteiger partial charge in [-0.2, -0.15) is 0 Å². The minimum Gasteiger partial charge on any atom is -0.437 e. The molecular formula is C14H14Cl2N2O. The molecule has 19 heavy (non-hydrogen) atoms. The lowest BCUT2D eigenvalue weighted by atomic mass is 10.1. The van der Waals surface area contributed by atoms with Crippen molar-refractivity contribution in [2.75, 3.05) is 7.05 Å². The Morgan fingerprint density at radius 2 is 2.05 bits per heavy atom. The fourth-order valence-corrected chi connectivity index (χ4v) is 1.92. The van der Waals surface area contributed by atoms with Gasteiger partial charge >= 0.3 is 0 Å². The third-order valence-corrected chi connectivity index (χ3v) is 3.62. The van der Waals surface area contributed by atoms with Crippen LogP contribution >= 0.6 is 23.2 Å². The normalized spacial score (nSPS) is 12.2. The highest BCUT2D eigenvalue weighted by Crippen LogP contribution is 2.34. The summed E-state index contributed by atoms with van der Waals surface area (Å²) in [6, 6.07) is 9.28. The van der Waals surface area contributed by atoms with Crippen molar-refractivity contribution in [1.82, 2.24) is 10.3 Å². The van der Waals surface area contributed by atoms with Gasteiger partial charge in [0.15, 0.2) is 0 Å². The van der Waals surface area contributed by atoms with Gasteiger partial charge in [0.1, 0.15) is 10.8 Å². The Kier molecular flexibility index (Phi) is 4.64. The number of ether oxygens (including phenoxy) is 1. The Morgan fingerprint density at radius 3 is 2.79 bits per heavy atom. The molecule has 3 nitrogen and oxygen atoms in total. The van der Waals surface area contributed by atoms with E-state index in [1.54, 1.807) is 24.4 Å². The molecule has 0 aliphatic rings. The molecule has 0 bridgehead atoms. The predicted octanol–water partition coefficient (Wildman–Crippen LogP) is 4.46. The maximum atomic E-state index is 6.08. The molecule has 1 aromatic heterocycles. The molecule has 2 rings (SSSR count). The van der Waals surface area contributed by atoms with E-state index >= 15 is 0 Å². The van der Waals surface area contributed by atoms with Crippen molar-refractivity contribution in [3.05, 3.63) is 52.1 Å². The summed E-state index contributed by atoms with van der Waals surface area (Å²) >= 11 is 12.0. The summed E-state index contributed by atoms with van der Waals surface area (Å²) < 4.78 is 5.67. The predicted molar refractivity (Wildman–Crippen MR) is 78.2 cm³/mol. The van der Waals surface area contributed by atoms with Crippen LogP contribution in [0.1, 0.15) is 18.5 Å². The molecule has 1 heterocycles. The highest BCUT2D eigenvalue weighted by Gasteiger charge is 2.09. The third-order valence-electron chi connectivity index (χ3n) is 2.82. The minimum atomic E-state index is 0.222. The van der Waals surface area contributed by atoms with E-state index in [2.05, 4.69) is 17.2 Å². The lowest BCUT2D eigenvalue weighted by Crippen LogP contribution is -2.12. The second-order valence-electron chi connectivity index (χ2n) is 4.09. The molecule has 0 saturated heterocycles. The van der Waals surface area contributed by atoms with Gasteiger partial charge in [0.2, 0.25) is 5.88 Å². The molecule has 0 spiro atoms. The molecule has 5 heteroatoms. The van der Waals surface area contributed by atoms with Crippen LogP contribution in [0.4, 0.5) is 0 Å². The van der Waals surface area contributed by atoms with E-state index in [1.807, 2.05) is 19.2 Å². The Morgan fingerprint density at radius 1 is 1.26 bits per heavy atom.